The van der Waals surface area contributed by atoms with E-state index < -0.39 is 0 Å². The van der Waals surface area contributed by atoms with Gasteiger partial charge in [-0.05, 0) is 18.3 Å². The zero-order chi connectivity index (χ0) is 11.6. The highest BCUT2D eigenvalue weighted by Gasteiger charge is 2.32. The highest BCUT2D eigenvalue weighted by Crippen LogP contribution is 2.36. The Labute approximate surface area is 95.5 Å². The maximum Gasteiger partial charge on any atom is 0.290 e. The van der Waals surface area contributed by atoms with Gasteiger partial charge in [0, 0.05) is 18.4 Å². The van der Waals surface area contributed by atoms with Crippen molar-refractivity contribution in [2.24, 2.45) is 5.41 Å². The molecule has 2 N–H and O–H groups in total. The van der Waals surface area contributed by atoms with Crippen LogP contribution in [-0.4, -0.2) is 16.0 Å². The van der Waals surface area contributed by atoms with Gasteiger partial charge < -0.3 is 10.3 Å². The summed E-state index contributed by atoms with van der Waals surface area (Å²) in [5.74, 6) is 0.447. The van der Waals surface area contributed by atoms with E-state index in [2.05, 4.69) is 29.1 Å². The van der Waals surface area contributed by atoms with Crippen molar-refractivity contribution in [3.8, 4) is 0 Å². The van der Waals surface area contributed by atoms with Crippen LogP contribution in [0.2, 0.25) is 0 Å². The lowest BCUT2D eigenvalue weighted by Gasteiger charge is -2.39. The molecule has 2 rings (SSSR count). The second-order valence-electron chi connectivity index (χ2n) is 5.20. The molecule has 0 aromatic carbocycles. The van der Waals surface area contributed by atoms with E-state index in [1.54, 1.807) is 12.4 Å². The van der Waals surface area contributed by atoms with Crippen LogP contribution in [-0.2, 0) is 0 Å². The smallest absolute Gasteiger partial charge is 0.290 e. The third-order valence-corrected chi connectivity index (χ3v) is 3.53. The minimum Gasteiger partial charge on any atom is -0.362 e. The van der Waals surface area contributed by atoms with Crippen molar-refractivity contribution in [2.45, 2.75) is 45.6 Å². The Balaban J connectivity index is 2.15. The summed E-state index contributed by atoms with van der Waals surface area (Å²) in [5.41, 5.74) is 0.103. The van der Waals surface area contributed by atoms with Crippen LogP contribution < -0.4 is 10.9 Å². The topological polar surface area (TPSA) is 57.8 Å². The summed E-state index contributed by atoms with van der Waals surface area (Å²) in [4.78, 5) is 18.2. The molecular formula is C12H19N3O. The Kier molecular flexibility index (Phi) is 2.99. The van der Waals surface area contributed by atoms with Gasteiger partial charge in [0.05, 0.1) is 0 Å². The maximum atomic E-state index is 11.5. The molecule has 0 aliphatic heterocycles. The number of rotatable bonds is 2. The Morgan fingerprint density at radius 2 is 2.31 bits per heavy atom. The van der Waals surface area contributed by atoms with E-state index in [1.165, 1.54) is 19.3 Å². The number of aromatic nitrogens is 2. The highest BCUT2D eigenvalue weighted by atomic mass is 16.1. The quantitative estimate of drug-likeness (QED) is 0.804. The van der Waals surface area contributed by atoms with Crippen molar-refractivity contribution in [3.63, 3.8) is 0 Å². The molecule has 1 aromatic rings. The Morgan fingerprint density at radius 3 is 3.00 bits per heavy atom. The fraction of sp³-hybridized carbons (Fsp3) is 0.667. The van der Waals surface area contributed by atoms with Crippen LogP contribution in [0.25, 0.3) is 0 Å². The van der Waals surface area contributed by atoms with Gasteiger partial charge >= 0.3 is 0 Å². The van der Waals surface area contributed by atoms with E-state index in [-0.39, 0.29) is 11.0 Å². The molecule has 1 saturated carbocycles. The first-order chi connectivity index (χ1) is 7.59. The number of nitrogens with zero attached hydrogens (tertiary/aromatic N) is 1. The monoisotopic (exact) mass is 221 g/mol. The molecule has 1 aliphatic carbocycles. The van der Waals surface area contributed by atoms with E-state index in [0.29, 0.717) is 11.9 Å². The van der Waals surface area contributed by atoms with E-state index in [9.17, 15) is 4.79 Å². The zero-order valence-corrected chi connectivity index (χ0v) is 9.92. The molecule has 1 aromatic heterocycles. The molecule has 1 fully saturated rings. The van der Waals surface area contributed by atoms with Crippen molar-refractivity contribution in [3.05, 3.63) is 22.7 Å². The minimum absolute atomic E-state index is 0.135. The first-order valence-electron chi connectivity index (χ1n) is 5.90. The van der Waals surface area contributed by atoms with E-state index in [1.807, 2.05) is 0 Å². The van der Waals surface area contributed by atoms with Crippen molar-refractivity contribution >= 4 is 5.82 Å². The molecule has 88 valence electrons. The first-order valence-corrected chi connectivity index (χ1v) is 5.90. The van der Waals surface area contributed by atoms with Crippen molar-refractivity contribution in [2.75, 3.05) is 5.32 Å². The predicted octanol–water partition coefficient (Wildman–Crippen LogP) is 2.15. The van der Waals surface area contributed by atoms with Gasteiger partial charge in [0.1, 0.15) is 0 Å². The molecule has 0 spiro atoms. The number of nitrogens with one attached hydrogen (secondary N) is 2. The largest absolute Gasteiger partial charge is 0.362 e. The van der Waals surface area contributed by atoms with Crippen LogP contribution in [0, 0.1) is 5.41 Å². The number of anilines is 1. The van der Waals surface area contributed by atoms with Crippen LogP contribution in [0.4, 0.5) is 5.82 Å². The van der Waals surface area contributed by atoms with Crippen LogP contribution in [0.5, 0.6) is 0 Å². The summed E-state index contributed by atoms with van der Waals surface area (Å²) in [6.07, 6.45) is 7.99. The molecule has 0 amide bonds. The minimum atomic E-state index is -0.135. The standard InChI is InChI=1S/C12H19N3O/c1-12(2)6-4-3-5-9(12)15-10-11(16)14-8-7-13-10/h7-9H,3-6H2,1-2H3,(H,13,15)(H,14,16). The van der Waals surface area contributed by atoms with Gasteiger partial charge in [-0.1, -0.05) is 26.7 Å². The lowest BCUT2D eigenvalue weighted by atomic mass is 9.73. The van der Waals surface area contributed by atoms with Gasteiger partial charge in [0.15, 0.2) is 5.82 Å². The highest BCUT2D eigenvalue weighted by molar-refractivity contribution is 5.32. The number of hydrogen-bond donors (Lipinski definition) is 2. The Morgan fingerprint density at radius 1 is 1.50 bits per heavy atom. The van der Waals surface area contributed by atoms with Gasteiger partial charge in [-0.25, -0.2) is 4.98 Å². The van der Waals surface area contributed by atoms with Gasteiger partial charge in [-0.2, -0.15) is 0 Å². The lowest BCUT2D eigenvalue weighted by molar-refractivity contribution is 0.216. The maximum absolute atomic E-state index is 11.5. The summed E-state index contributed by atoms with van der Waals surface area (Å²) >= 11 is 0. The third-order valence-electron chi connectivity index (χ3n) is 3.53. The molecule has 1 unspecified atom stereocenters. The van der Waals surface area contributed by atoms with E-state index >= 15 is 0 Å². The Hall–Kier alpha value is -1.32. The van der Waals surface area contributed by atoms with Crippen LogP contribution in [0.1, 0.15) is 39.5 Å². The molecule has 1 heterocycles. The third kappa shape index (κ3) is 2.26. The molecule has 0 saturated heterocycles. The Bertz CT molecular complexity index is 411. The van der Waals surface area contributed by atoms with Gasteiger partial charge in [0.2, 0.25) is 0 Å². The molecule has 0 bridgehead atoms. The first kappa shape index (κ1) is 11.2. The van der Waals surface area contributed by atoms with Crippen LogP contribution >= 0.6 is 0 Å². The van der Waals surface area contributed by atoms with Crippen molar-refractivity contribution in [1.82, 2.24) is 9.97 Å². The average Bonchev–Trinajstić information content (AvgIpc) is 2.24. The van der Waals surface area contributed by atoms with Crippen LogP contribution in [0.15, 0.2) is 17.2 Å². The summed E-state index contributed by atoms with van der Waals surface area (Å²) in [6, 6.07) is 0.345. The van der Waals surface area contributed by atoms with Crippen LogP contribution in [0.3, 0.4) is 0 Å². The SMILES string of the molecule is CC1(C)CCCCC1Nc1ncc[nH]c1=O. The predicted molar refractivity (Wildman–Crippen MR) is 64.5 cm³/mol. The average molecular weight is 221 g/mol. The molecule has 4 nitrogen and oxygen atoms in total. The van der Waals surface area contributed by atoms with Gasteiger partial charge in [-0.3, -0.25) is 4.79 Å². The molecule has 16 heavy (non-hydrogen) atoms. The van der Waals surface area contributed by atoms with Crippen molar-refractivity contribution < 1.29 is 0 Å². The fourth-order valence-corrected chi connectivity index (χ4v) is 2.38. The second-order valence-corrected chi connectivity index (χ2v) is 5.20. The molecule has 1 atom stereocenters. The molecule has 0 radical (unpaired) electrons. The zero-order valence-electron chi connectivity index (χ0n) is 9.92. The number of hydrogen-bond acceptors (Lipinski definition) is 3. The second kappa shape index (κ2) is 4.28. The van der Waals surface area contributed by atoms with E-state index in [4.69, 9.17) is 0 Å². The van der Waals surface area contributed by atoms with Gasteiger partial charge in [0.25, 0.3) is 5.56 Å². The van der Waals surface area contributed by atoms with E-state index in [0.717, 1.165) is 6.42 Å². The normalized spacial score (nSPS) is 24.0. The number of H-pyrrole nitrogens is 1. The fourth-order valence-electron chi connectivity index (χ4n) is 2.38. The van der Waals surface area contributed by atoms with Gasteiger partial charge in [-0.15, -0.1) is 0 Å². The number of aromatic amines is 1. The van der Waals surface area contributed by atoms with Crippen molar-refractivity contribution in [1.29, 1.82) is 0 Å². The lowest BCUT2D eigenvalue weighted by Crippen LogP contribution is -2.40. The molecule has 1 aliphatic rings. The molecular weight excluding hydrogens is 202 g/mol. The summed E-state index contributed by atoms with van der Waals surface area (Å²) in [7, 11) is 0. The molecule has 4 heteroatoms. The summed E-state index contributed by atoms with van der Waals surface area (Å²) in [6.45, 7) is 4.50. The summed E-state index contributed by atoms with van der Waals surface area (Å²) < 4.78 is 0. The summed E-state index contributed by atoms with van der Waals surface area (Å²) in [5, 5.41) is 3.28.